The molecule has 2 aromatic heterocycles. The highest BCUT2D eigenvalue weighted by atomic mass is 35.5. The highest BCUT2D eigenvalue weighted by Gasteiger charge is 2.08. The molecule has 2 heterocycles. The third-order valence-electron chi connectivity index (χ3n) is 3.53. The molecule has 108 valence electrons. The molecule has 1 N–H and O–H groups in total. The zero-order chi connectivity index (χ0) is 14.7. The van der Waals surface area contributed by atoms with Crippen LogP contribution in [0.4, 0.5) is 0 Å². The summed E-state index contributed by atoms with van der Waals surface area (Å²) in [5.74, 6) is 0. The molecule has 0 saturated carbocycles. The molecule has 21 heavy (non-hydrogen) atoms. The van der Waals surface area contributed by atoms with Gasteiger partial charge in [0.15, 0.2) is 0 Å². The number of thiophene rings is 1. The lowest BCUT2D eigenvalue weighted by atomic mass is 10.1. The van der Waals surface area contributed by atoms with Crippen molar-refractivity contribution in [3.8, 4) is 0 Å². The molecular weight excluding hydrogens is 300 g/mol. The number of hydrogen-bond donors (Lipinski definition) is 1. The molecule has 1 aromatic carbocycles. The fourth-order valence-corrected chi connectivity index (χ4v) is 3.48. The lowest BCUT2D eigenvalue weighted by Gasteiger charge is -2.14. The minimum atomic E-state index is 0.429. The third-order valence-corrected chi connectivity index (χ3v) is 4.76. The summed E-state index contributed by atoms with van der Waals surface area (Å²) in [7, 11) is 0. The van der Waals surface area contributed by atoms with Crippen LogP contribution in [0.2, 0.25) is 5.02 Å². The van der Waals surface area contributed by atoms with Gasteiger partial charge >= 0.3 is 0 Å². The van der Waals surface area contributed by atoms with Crippen molar-refractivity contribution in [2.45, 2.75) is 25.9 Å². The Morgan fingerprint density at radius 3 is 2.95 bits per heavy atom. The number of halogens is 1. The maximum Gasteiger partial charge on any atom is 0.0761 e. The van der Waals surface area contributed by atoms with Crippen molar-refractivity contribution in [2.24, 2.45) is 0 Å². The summed E-state index contributed by atoms with van der Waals surface area (Å²) in [6.45, 7) is 3.02. The predicted molar refractivity (Wildman–Crippen MR) is 91.1 cm³/mol. The number of benzene rings is 1. The molecule has 2 nitrogen and oxygen atoms in total. The van der Waals surface area contributed by atoms with Crippen molar-refractivity contribution in [3.05, 3.63) is 63.4 Å². The maximum absolute atomic E-state index is 6.23. The highest BCUT2D eigenvalue weighted by Crippen LogP contribution is 2.24. The lowest BCUT2D eigenvalue weighted by molar-refractivity contribution is 0.550. The summed E-state index contributed by atoms with van der Waals surface area (Å²) in [4.78, 5) is 5.88. The second-order valence-electron chi connectivity index (χ2n) is 5.17. The zero-order valence-corrected chi connectivity index (χ0v) is 13.4. The summed E-state index contributed by atoms with van der Waals surface area (Å²) in [6, 6.07) is 12.7. The van der Waals surface area contributed by atoms with Crippen molar-refractivity contribution in [1.29, 1.82) is 0 Å². The number of fused-ring (bicyclic) bond motifs is 1. The van der Waals surface area contributed by atoms with Crippen LogP contribution in [-0.2, 0) is 13.0 Å². The van der Waals surface area contributed by atoms with E-state index in [-0.39, 0.29) is 0 Å². The molecule has 4 heteroatoms. The average Bonchev–Trinajstić information content (AvgIpc) is 3.00. The number of pyridine rings is 1. The molecule has 0 aliphatic carbocycles. The second kappa shape index (κ2) is 6.56. The summed E-state index contributed by atoms with van der Waals surface area (Å²) < 4.78 is 0. The van der Waals surface area contributed by atoms with Crippen LogP contribution in [-0.4, -0.2) is 11.0 Å². The standard InChI is InChI=1S/C17H17ClN2S/c1-12(10-14-4-3-9-21-14)20-11-13-6-7-16(18)15-5-2-8-19-17(13)15/h2-9,12,20H,10-11H2,1H3. The Labute approximate surface area is 133 Å². The fraction of sp³-hybridized carbons (Fsp3) is 0.235. The van der Waals surface area contributed by atoms with Gasteiger partial charge in [-0.1, -0.05) is 23.7 Å². The van der Waals surface area contributed by atoms with E-state index in [4.69, 9.17) is 11.6 Å². The highest BCUT2D eigenvalue weighted by molar-refractivity contribution is 7.09. The Kier molecular flexibility index (Phi) is 4.54. The maximum atomic E-state index is 6.23. The van der Waals surface area contributed by atoms with Gasteiger partial charge in [-0.2, -0.15) is 0 Å². The smallest absolute Gasteiger partial charge is 0.0761 e. The van der Waals surface area contributed by atoms with E-state index < -0.39 is 0 Å². The van der Waals surface area contributed by atoms with Gasteiger partial charge in [0.1, 0.15) is 0 Å². The molecule has 3 aromatic rings. The van der Waals surface area contributed by atoms with Crippen LogP contribution < -0.4 is 5.32 Å². The monoisotopic (exact) mass is 316 g/mol. The van der Waals surface area contributed by atoms with Gasteiger partial charge in [0.25, 0.3) is 0 Å². The molecular formula is C17H17ClN2S. The van der Waals surface area contributed by atoms with E-state index in [0.29, 0.717) is 6.04 Å². The predicted octanol–water partition coefficient (Wildman–Crippen LogP) is 4.67. The minimum Gasteiger partial charge on any atom is -0.310 e. The molecule has 1 unspecified atom stereocenters. The fourth-order valence-electron chi connectivity index (χ4n) is 2.43. The van der Waals surface area contributed by atoms with Crippen LogP contribution in [0, 0.1) is 0 Å². The molecule has 0 aliphatic rings. The van der Waals surface area contributed by atoms with Crippen molar-refractivity contribution >= 4 is 33.8 Å². The van der Waals surface area contributed by atoms with Gasteiger partial charge in [-0.25, -0.2) is 0 Å². The van der Waals surface area contributed by atoms with Gasteiger partial charge in [-0.3, -0.25) is 4.98 Å². The van der Waals surface area contributed by atoms with Crippen LogP contribution in [0.1, 0.15) is 17.4 Å². The van der Waals surface area contributed by atoms with Crippen LogP contribution in [0.5, 0.6) is 0 Å². The van der Waals surface area contributed by atoms with E-state index in [2.05, 4.69) is 40.8 Å². The third kappa shape index (κ3) is 3.43. The van der Waals surface area contributed by atoms with Gasteiger partial charge < -0.3 is 5.32 Å². The summed E-state index contributed by atoms with van der Waals surface area (Å²) in [5.41, 5.74) is 2.17. The minimum absolute atomic E-state index is 0.429. The first-order chi connectivity index (χ1) is 10.2. The van der Waals surface area contributed by atoms with Crippen molar-refractivity contribution < 1.29 is 0 Å². The SMILES string of the molecule is CC(Cc1cccs1)NCc1ccc(Cl)c2cccnc12. The van der Waals surface area contributed by atoms with E-state index in [1.54, 1.807) is 0 Å². The van der Waals surface area contributed by atoms with E-state index >= 15 is 0 Å². The second-order valence-corrected chi connectivity index (χ2v) is 6.61. The van der Waals surface area contributed by atoms with Gasteiger partial charge in [0, 0.05) is 34.1 Å². The van der Waals surface area contributed by atoms with Gasteiger partial charge in [0.2, 0.25) is 0 Å². The van der Waals surface area contributed by atoms with E-state index in [1.165, 1.54) is 10.4 Å². The normalized spacial score (nSPS) is 12.7. The zero-order valence-electron chi connectivity index (χ0n) is 11.8. The number of hydrogen-bond acceptors (Lipinski definition) is 3. The Balaban J connectivity index is 1.72. The first kappa shape index (κ1) is 14.5. The van der Waals surface area contributed by atoms with Gasteiger partial charge in [-0.05, 0) is 48.6 Å². The van der Waals surface area contributed by atoms with Gasteiger partial charge in [0.05, 0.1) is 5.52 Å². The topological polar surface area (TPSA) is 24.9 Å². The first-order valence-electron chi connectivity index (χ1n) is 7.02. The van der Waals surface area contributed by atoms with Crippen LogP contribution in [0.15, 0.2) is 48.0 Å². The molecule has 0 bridgehead atoms. The first-order valence-corrected chi connectivity index (χ1v) is 8.27. The molecule has 0 amide bonds. The van der Waals surface area contributed by atoms with E-state index in [0.717, 1.165) is 28.9 Å². The molecule has 0 spiro atoms. The van der Waals surface area contributed by atoms with Crippen molar-refractivity contribution in [3.63, 3.8) is 0 Å². The summed E-state index contributed by atoms with van der Waals surface area (Å²) in [5, 5.41) is 7.47. The molecule has 0 saturated heterocycles. The lowest BCUT2D eigenvalue weighted by Crippen LogP contribution is -2.27. The Morgan fingerprint density at radius 1 is 1.24 bits per heavy atom. The van der Waals surface area contributed by atoms with Gasteiger partial charge in [-0.15, -0.1) is 11.3 Å². The Bertz CT molecular complexity index is 725. The quantitative estimate of drug-likeness (QED) is 0.740. The Hall–Kier alpha value is -1.42. The van der Waals surface area contributed by atoms with E-state index in [1.807, 2.05) is 35.7 Å². The number of nitrogens with one attached hydrogen (secondary N) is 1. The molecule has 1 atom stereocenters. The van der Waals surface area contributed by atoms with Crippen LogP contribution >= 0.6 is 22.9 Å². The largest absolute Gasteiger partial charge is 0.310 e. The van der Waals surface area contributed by atoms with Crippen LogP contribution in [0.3, 0.4) is 0 Å². The Morgan fingerprint density at radius 2 is 2.14 bits per heavy atom. The molecule has 0 radical (unpaired) electrons. The summed E-state index contributed by atoms with van der Waals surface area (Å²) >= 11 is 8.04. The number of nitrogens with zero attached hydrogens (tertiary/aromatic N) is 1. The summed E-state index contributed by atoms with van der Waals surface area (Å²) in [6.07, 6.45) is 2.87. The number of rotatable bonds is 5. The molecule has 0 fully saturated rings. The van der Waals surface area contributed by atoms with Crippen LogP contribution in [0.25, 0.3) is 10.9 Å². The van der Waals surface area contributed by atoms with Crippen molar-refractivity contribution in [2.75, 3.05) is 0 Å². The average molecular weight is 317 g/mol. The van der Waals surface area contributed by atoms with Crippen molar-refractivity contribution in [1.82, 2.24) is 10.3 Å². The molecule has 0 aliphatic heterocycles. The van der Waals surface area contributed by atoms with E-state index in [9.17, 15) is 0 Å². The molecule has 3 rings (SSSR count). The number of aromatic nitrogens is 1.